The number of carbonyl (C=O) groups is 1. The second kappa shape index (κ2) is 11.3. The normalized spacial score (nSPS) is 11.5. The molecule has 0 aliphatic carbocycles. The zero-order chi connectivity index (χ0) is 24.7. The van der Waals surface area contributed by atoms with Crippen LogP contribution in [0, 0.1) is 5.82 Å². The second-order valence-electron chi connectivity index (χ2n) is 8.15. The second-order valence-corrected chi connectivity index (χ2v) is 8.15. The van der Waals surface area contributed by atoms with Crippen LogP contribution in [-0.2, 0) is 19.0 Å². The summed E-state index contributed by atoms with van der Waals surface area (Å²) in [6, 6.07) is 18.4. The maximum Gasteiger partial charge on any atom is 0.420 e. The highest BCUT2D eigenvalue weighted by atomic mass is 19.4. The van der Waals surface area contributed by atoms with Gasteiger partial charge in [0.15, 0.2) is 17.3 Å². The minimum absolute atomic E-state index is 0.0183. The molecular weight excluding hydrogens is 444 g/mol. The monoisotopic (exact) mass is 472 g/mol. The summed E-state index contributed by atoms with van der Waals surface area (Å²) >= 11 is 0. The summed E-state index contributed by atoms with van der Waals surface area (Å²) in [5, 5.41) is 0. The molecule has 0 saturated carbocycles. The van der Waals surface area contributed by atoms with Crippen molar-refractivity contribution in [1.29, 1.82) is 0 Å². The molecular formula is C28H28F4O2. The molecule has 6 heteroatoms. The number of benzene rings is 3. The fourth-order valence-corrected chi connectivity index (χ4v) is 3.94. The third kappa shape index (κ3) is 6.25. The van der Waals surface area contributed by atoms with Gasteiger partial charge in [0.25, 0.3) is 0 Å². The molecule has 0 aliphatic rings. The Bertz CT molecular complexity index is 1100. The van der Waals surface area contributed by atoms with E-state index >= 15 is 0 Å². The van der Waals surface area contributed by atoms with Gasteiger partial charge in [-0.05, 0) is 60.6 Å². The van der Waals surface area contributed by atoms with E-state index in [0.29, 0.717) is 12.8 Å². The molecule has 3 aromatic carbocycles. The van der Waals surface area contributed by atoms with Gasteiger partial charge >= 0.3 is 6.18 Å². The Hall–Kier alpha value is -3.15. The predicted molar refractivity (Wildman–Crippen MR) is 126 cm³/mol. The number of alkyl halides is 3. The average molecular weight is 473 g/mol. The lowest BCUT2D eigenvalue weighted by Crippen LogP contribution is -2.17. The van der Waals surface area contributed by atoms with Crippen LogP contribution in [0.3, 0.4) is 0 Å². The smallest absolute Gasteiger partial charge is 0.420 e. The van der Waals surface area contributed by atoms with Crippen molar-refractivity contribution in [2.75, 3.05) is 6.61 Å². The van der Waals surface area contributed by atoms with Gasteiger partial charge in [0.2, 0.25) is 0 Å². The zero-order valence-corrected chi connectivity index (χ0v) is 19.3. The van der Waals surface area contributed by atoms with Crippen molar-refractivity contribution in [3.05, 3.63) is 88.7 Å². The lowest BCUT2D eigenvalue weighted by molar-refractivity contribution is -0.140. The lowest BCUT2D eigenvalue weighted by Gasteiger charge is -2.15. The van der Waals surface area contributed by atoms with E-state index in [9.17, 15) is 22.4 Å². The minimum atomic E-state index is -4.99. The van der Waals surface area contributed by atoms with E-state index in [2.05, 4.69) is 31.2 Å². The Balaban J connectivity index is 1.64. The Morgan fingerprint density at radius 2 is 1.38 bits per heavy atom. The average Bonchev–Trinajstić information content (AvgIpc) is 2.80. The number of Topliss-reactive ketones (excluding diaryl/α,β-unsaturated/α-hetero) is 1. The summed E-state index contributed by atoms with van der Waals surface area (Å²) in [5.41, 5.74) is 2.25. The van der Waals surface area contributed by atoms with Gasteiger partial charge in [0.05, 0.1) is 6.61 Å². The number of aryl methyl sites for hydroxylation is 2. The molecule has 0 amide bonds. The Kier molecular flexibility index (Phi) is 8.48. The predicted octanol–water partition coefficient (Wildman–Crippen LogP) is 8.07. The van der Waals surface area contributed by atoms with E-state index < -0.39 is 34.7 Å². The van der Waals surface area contributed by atoms with Gasteiger partial charge in [-0.15, -0.1) is 0 Å². The van der Waals surface area contributed by atoms with Gasteiger partial charge < -0.3 is 4.74 Å². The third-order valence-corrected chi connectivity index (χ3v) is 5.64. The van der Waals surface area contributed by atoms with Crippen LogP contribution in [0.1, 0.15) is 60.2 Å². The van der Waals surface area contributed by atoms with E-state index in [1.165, 1.54) is 5.56 Å². The van der Waals surface area contributed by atoms with Gasteiger partial charge in [-0.3, -0.25) is 4.79 Å². The summed E-state index contributed by atoms with van der Waals surface area (Å²) in [7, 11) is 0. The fourth-order valence-electron chi connectivity index (χ4n) is 3.94. The van der Waals surface area contributed by atoms with Crippen molar-refractivity contribution in [2.45, 2.75) is 52.1 Å². The van der Waals surface area contributed by atoms with Crippen LogP contribution in [0.2, 0.25) is 0 Å². The molecule has 180 valence electrons. The standard InChI is InChI=1S/C28H28F4O2/c1-3-6-19-9-13-21(14-10-19)22-15-11-20(12-16-22)7-5-8-24(33)23-17-18-25(34-4-2)27(29)26(23)28(30,31)32/h9-18H,3-8H2,1-2H3. The Labute approximate surface area is 197 Å². The van der Waals surface area contributed by atoms with Gasteiger partial charge in [0.1, 0.15) is 5.56 Å². The summed E-state index contributed by atoms with van der Waals surface area (Å²) < 4.78 is 59.7. The molecule has 3 rings (SSSR count). The van der Waals surface area contributed by atoms with Crippen LogP contribution in [0.5, 0.6) is 5.75 Å². The quantitative estimate of drug-likeness (QED) is 0.220. The van der Waals surface area contributed by atoms with Crippen LogP contribution < -0.4 is 4.74 Å². The number of ether oxygens (including phenoxy) is 1. The maximum atomic E-state index is 14.4. The summed E-state index contributed by atoms with van der Waals surface area (Å²) in [4.78, 5) is 12.5. The highest BCUT2D eigenvalue weighted by Gasteiger charge is 2.39. The summed E-state index contributed by atoms with van der Waals surface area (Å²) in [6.07, 6.45) is -2.07. The van der Waals surface area contributed by atoms with Gasteiger partial charge in [-0.25, -0.2) is 4.39 Å². The minimum Gasteiger partial charge on any atom is -0.491 e. The first-order valence-corrected chi connectivity index (χ1v) is 11.5. The zero-order valence-electron chi connectivity index (χ0n) is 19.3. The molecule has 0 bridgehead atoms. The summed E-state index contributed by atoms with van der Waals surface area (Å²) in [6.45, 7) is 3.71. The fraction of sp³-hybridized carbons (Fsp3) is 0.321. The molecule has 34 heavy (non-hydrogen) atoms. The van der Waals surface area contributed by atoms with Crippen LogP contribution in [0.15, 0.2) is 60.7 Å². The Morgan fingerprint density at radius 3 is 1.88 bits per heavy atom. The molecule has 0 fully saturated rings. The molecule has 2 nitrogen and oxygen atoms in total. The van der Waals surface area contributed by atoms with Crippen LogP contribution in [0.25, 0.3) is 11.1 Å². The van der Waals surface area contributed by atoms with Crippen molar-refractivity contribution in [1.82, 2.24) is 0 Å². The number of ketones is 1. The van der Waals surface area contributed by atoms with Crippen molar-refractivity contribution >= 4 is 5.78 Å². The molecule has 0 N–H and O–H groups in total. The van der Waals surface area contributed by atoms with Crippen molar-refractivity contribution in [3.8, 4) is 16.9 Å². The largest absolute Gasteiger partial charge is 0.491 e. The maximum absolute atomic E-state index is 14.4. The van der Waals surface area contributed by atoms with Crippen molar-refractivity contribution < 1.29 is 27.1 Å². The van der Waals surface area contributed by atoms with Gasteiger partial charge in [0, 0.05) is 12.0 Å². The highest BCUT2D eigenvalue weighted by molar-refractivity contribution is 5.98. The van der Waals surface area contributed by atoms with Gasteiger partial charge in [-0.2, -0.15) is 13.2 Å². The molecule has 0 unspecified atom stereocenters. The third-order valence-electron chi connectivity index (χ3n) is 5.64. The van der Waals surface area contributed by atoms with Crippen LogP contribution in [-0.4, -0.2) is 12.4 Å². The van der Waals surface area contributed by atoms with E-state index in [0.717, 1.165) is 41.7 Å². The SMILES string of the molecule is CCCc1ccc(-c2ccc(CCCC(=O)c3ccc(OCC)c(F)c3C(F)(F)F)cc2)cc1. The molecule has 0 aromatic heterocycles. The van der Waals surface area contributed by atoms with Crippen LogP contribution in [0.4, 0.5) is 17.6 Å². The number of halogens is 4. The Morgan fingerprint density at radius 1 is 0.824 bits per heavy atom. The van der Waals surface area contributed by atoms with Crippen molar-refractivity contribution in [2.24, 2.45) is 0 Å². The first kappa shape index (κ1) is 25.5. The number of rotatable bonds is 10. The molecule has 0 atom stereocenters. The molecule has 0 radical (unpaired) electrons. The van der Waals surface area contributed by atoms with E-state index in [1.807, 2.05) is 24.3 Å². The molecule has 0 heterocycles. The van der Waals surface area contributed by atoms with E-state index in [-0.39, 0.29) is 13.0 Å². The van der Waals surface area contributed by atoms with Gasteiger partial charge in [-0.1, -0.05) is 61.9 Å². The lowest BCUT2D eigenvalue weighted by atomic mass is 9.96. The molecule has 3 aromatic rings. The first-order valence-electron chi connectivity index (χ1n) is 11.5. The van der Waals surface area contributed by atoms with E-state index in [1.54, 1.807) is 6.92 Å². The van der Waals surface area contributed by atoms with Crippen molar-refractivity contribution in [3.63, 3.8) is 0 Å². The molecule has 0 aliphatic heterocycles. The van der Waals surface area contributed by atoms with E-state index in [4.69, 9.17) is 4.74 Å². The first-order chi connectivity index (χ1) is 16.2. The number of carbonyl (C=O) groups excluding carboxylic acids is 1. The molecule has 0 spiro atoms. The highest BCUT2D eigenvalue weighted by Crippen LogP contribution is 2.38. The number of hydrogen-bond donors (Lipinski definition) is 0. The summed E-state index contributed by atoms with van der Waals surface area (Å²) in [5.74, 6) is -2.79. The molecule has 0 saturated heterocycles. The van der Waals surface area contributed by atoms with Crippen LogP contribution >= 0.6 is 0 Å². The topological polar surface area (TPSA) is 26.3 Å². The number of hydrogen-bond acceptors (Lipinski definition) is 2.